The van der Waals surface area contributed by atoms with Gasteiger partial charge in [0.2, 0.25) is 12.7 Å². The lowest BCUT2D eigenvalue weighted by Crippen LogP contribution is -2.42. The third-order valence-corrected chi connectivity index (χ3v) is 7.80. The molecular formula is C29H22N6O5S. The molecule has 2 aromatic heterocycles. The Hall–Kier alpha value is -4.97. The molecule has 1 unspecified atom stereocenters. The summed E-state index contributed by atoms with van der Waals surface area (Å²) in [7, 11) is 0. The number of para-hydroxylation sites is 1. The van der Waals surface area contributed by atoms with Crippen LogP contribution < -0.4 is 20.3 Å². The third-order valence-electron chi connectivity index (χ3n) is 6.83. The van der Waals surface area contributed by atoms with Crippen molar-refractivity contribution < 1.29 is 19.1 Å². The number of carbonyl (C=O) groups excluding carboxylic acids is 2. The maximum Gasteiger partial charge on any atom is 0.259 e. The Morgan fingerprint density at radius 3 is 2.80 bits per heavy atom. The van der Waals surface area contributed by atoms with Crippen molar-refractivity contribution in [3.8, 4) is 11.5 Å². The summed E-state index contributed by atoms with van der Waals surface area (Å²) >= 11 is 1.29. The van der Waals surface area contributed by atoms with Crippen LogP contribution in [0, 0.1) is 0 Å². The number of nitrogens with one attached hydrogen (secondary N) is 1. The average Bonchev–Trinajstić information content (AvgIpc) is 3.59. The molecule has 4 aromatic rings. The van der Waals surface area contributed by atoms with Crippen LogP contribution >= 0.6 is 11.8 Å². The molecule has 2 amide bonds. The van der Waals surface area contributed by atoms with Crippen molar-refractivity contribution in [1.82, 2.24) is 19.6 Å². The Bertz CT molecular complexity index is 1850. The lowest BCUT2D eigenvalue weighted by atomic mass is 10.1. The van der Waals surface area contributed by atoms with E-state index in [2.05, 4.69) is 15.3 Å². The van der Waals surface area contributed by atoms with Crippen LogP contribution in [0.2, 0.25) is 0 Å². The molecule has 204 valence electrons. The fraction of sp³-hybridized carbons (Fsp3) is 0.172. The van der Waals surface area contributed by atoms with Crippen LogP contribution in [0.5, 0.6) is 11.5 Å². The molecule has 5 heterocycles. The fourth-order valence-corrected chi connectivity index (χ4v) is 5.74. The maximum absolute atomic E-state index is 13.6. The van der Waals surface area contributed by atoms with Gasteiger partial charge < -0.3 is 14.8 Å². The second-order valence-corrected chi connectivity index (χ2v) is 10.5. The largest absolute Gasteiger partial charge is 0.454 e. The van der Waals surface area contributed by atoms with E-state index in [9.17, 15) is 14.4 Å². The smallest absolute Gasteiger partial charge is 0.259 e. The number of pyridine rings is 1. The number of fused-ring (bicyclic) bond motifs is 5. The van der Waals surface area contributed by atoms with Crippen molar-refractivity contribution in [2.75, 3.05) is 6.79 Å². The molecule has 2 aromatic carbocycles. The molecule has 3 aliphatic rings. The molecule has 3 aliphatic heterocycles. The molecule has 11 nitrogen and oxygen atoms in total. The van der Waals surface area contributed by atoms with E-state index in [0.717, 1.165) is 11.1 Å². The van der Waals surface area contributed by atoms with Gasteiger partial charge in [-0.3, -0.25) is 23.8 Å². The topological polar surface area (TPSA) is 127 Å². The van der Waals surface area contributed by atoms with E-state index in [1.165, 1.54) is 27.1 Å². The summed E-state index contributed by atoms with van der Waals surface area (Å²) in [5.74, 6) is 1.46. The molecule has 41 heavy (non-hydrogen) atoms. The molecule has 7 rings (SSSR count). The van der Waals surface area contributed by atoms with Gasteiger partial charge in [-0.15, -0.1) is 0 Å². The number of benzene rings is 2. The molecule has 0 saturated heterocycles. The highest BCUT2D eigenvalue weighted by Gasteiger charge is 2.42. The van der Waals surface area contributed by atoms with Gasteiger partial charge in [0, 0.05) is 30.1 Å². The van der Waals surface area contributed by atoms with Gasteiger partial charge in [0.15, 0.2) is 16.7 Å². The highest BCUT2D eigenvalue weighted by Crippen LogP contribution is 2.35. The van der Waals surface area contributed by atoms with E-state index in [0.29, 0.717) is 45.3 Å². The van der Waals surface area contributed by atoms with E-state index >= 15 is 0 Å². The number of carbonyl (C=O) groups is 2. The van der Waals surface area contributed by atoms with Crippen LogP contribution in [0.1, 0.15) is 23.2 Å². The van der Waals surface area contributed by atoms with Crippen LogP contribution in [0.25, 0.3) is 5.65 Å². The van der Waals surface area contributed by atoms with Gasteiger partial charge in [-0.2, -0.15) is 0 Å². The van der Waals surface area contributed by atoms with Crippen molar-refractivity contribution in [2.24, 2.45) is 9.98 Å². The number of amidine groups is 2. The van der Waals surface area contributed by atoms with E-state index in [1.54, 1.807) is 24.4 Å². The van der Waals surface area contributed by atoms with Gasteiger partial charge in [-0.25, -0.2) is 14.9 Å². The highest BCUT2D eigenvalue weighted by molar-refractivity contribution is 8.13. The predicted octanol–water partition coefficient (Wildman–Crippen LogP) is 3.02. The zero-order valence-electron chi connectivity index (χ0n) is 21.5. The van der Waals surface area contributed by atoms with Crippen molar-refractivity contribution in [2.45, 2.75) is 24.8 Å². The molecule has 12 heteroatoms. The van der Waals surface area contributed by atoms with Gasteiger partial charge in [0.05, 0.1) is 17.8 Å². The average molecular weight is 567 g/mol. The Balaban J connectivity index is 1.08. The summed E-state index contributed by atoms with van der Waals surface area (Å²) in [6, 6.07) is 18.8. The molecular weight excluding hydrogens is 544 g/mol. The zero-order valence-corrected chi connectivity index (χ0v) is 22.3. The summed E-state index contributed by atoms with van der Waals surface area (Å²) < 4.78 is 12.2. The van der Waals surface area contributed by atoms with E-state index in [4.69, 9.17) is 14.5 Å². The van der Waals surface area contributed by atoms with Crippen LogP contribution in [0.15, 0.2) is 87.7 Å². The minimum Gasteiger partial charge on any atom is -0.454 e. The number of ether oxygens (including phenoxy) is 2. The molecule has 1 N–H and O–H groups in total. The lowest BCUT2D eigenvalue weighted by molar-refractivity contribution is -0.128. The van der Waals surface area contributed by atoms with Crippen molar-refractivity contribution in [3.63, 3.8) is 0 Å². The molecule has 0 saturated carbocycles. The van der Waals surface area contributed by atoms with Gasteiger partial charge in [0.25, 0.3) is 11.5 Å². The zero-order chi connectivity index (χ0) is 27.9. The number of rotatable bonds is 6. The standard InChI is InChI=1S/C29H22N6O5S/c36-25(30-14-17-8-9-22-23(11-17)40-16-39-22)13-21-28(38)35-27(32-21)19-5-1-2-6-20(19)33-29(35)41-15-18-12-26(37)34-10-4-3-7-24(34)31-18/h1-12,21H,13-16H2,(H,30,36). The van der Waals surface area contributed by atoms with Gasteiger partial charge in [-0.05, 0) is 42.0 Å². The first-order valence-electron chi connectivity index (χ1n) is 12.9. The first-order valence-corrected chi connectivity index (χ1v) is 13.9. The molecule has 1 atom stereocenters. The van der Waals surface area contributed by atoms with Crippen molar-refractivity contribution in [3.05, 3.63) is 100 Å². The van der Waals surface area contributed by atoms with Crippen LogP contribution in [-0.2, 0) is 21.9 Å². The normalized spacial score (nSPS) is 16.7. The first-order chi connectivity index (χ1) is 20.0. The second-order valence-electron chi connectivity index (χ2n) is 9.53. The number of amides is 2. The number of nitrogens with zero attached hydrogens (tertiary/aromatic N) is 5. The summed E-state index contributed by atoms with van der Waals surface area (Å²) in [6.07, 6.45) is 1.56. The number of hydrogen-bond donors (Lipinski definition) is 1. The fourth-order valence-electron chi connectivity index (χ4n) is 4.85. The maximum atomic E-state index is 13.6. The predicted molar refractivity (Wildman–Crippen MR) is 152 cm³/mol. The van der Waals surface area contributed by atoms with Crippen molar-refractivity contribution in [1.29, 1.82) is 0 Å². The first kappa shape index (κ1) is 25.0. The second kappa shape index (κ2) is 10.2. The van der Waals surface area contributed by atoms with Crippen LogP contribution in [0.3, 0.4) is 0 Å². The molecule has 0 fully saturated rings. The third kappa shape index (κ3) is 4.72. The SMILES string of the molecule is O=C(CC1N=C2c3ccccc3N=C(SCc3cc(=O)n4ccccc4n3)N2C1=O)NCc1ccc2c(c1)OCO2. The van der Waals surface area contributed by atoms with Gasteiger partial charge >= 0.3 is 0 Å². The van der Waals surface area contributed by atoms with E-state index in [1.807, 2.05) is 42.5 Å². The monoisotopic (exact) mass is 566 g/mol. The molecule has 0 radical (unpaired) electrons. The van der Waals surface area contributed by atoms with Crippen LogP contribution in [0.4, 0.5) is 5.69 Å². The number of aliphatic imine (C=N–C) groups is 2. The molecule has 0 bridgehead atoms. The van der Waals surface area contributed by atoms with Crippen molar-refractivity contribution >= 4 is 45.9 Å². The summed E-state index contributed by atoms with van der Waals surface area (Å²) in [6.45, 7) is 0.455. The summed E-state index contributed by atoms with van der Waals surface area (Å²) in [5, 5.41) is 3.29. The molecule has 0 aliphatic carbocycles. The van der Waals surface area contributed by atoms with Gasteiger partial charge in [0.1, 0.15) is 17.5 Å². The Labute approximate surface area is 237 Å². The Kier molecular flexibility index (Phi) is 6.23. The molecule has 0 spiro atoms. The van der Waals surface area contributed by atoms with Crippen LogP contribution in [-0.4, -0.2) is 49.9 Å². The Morgan fingerprint density at radius 2 is 1.88 bits per heavy atom. The highest BCUT2D eigenvalue weighted by atomic mass is 32.2. The minimum absolute atomic E-state index is 0.105. The summed E-state index contributed by atoms with van der Waals surface area (Å²) in [4.78, 5) is 54.4. The van der Waals surface area contributed by atoms with E-state index in [-0.39, 0.29) is 37.1 Å². The number of thioether (sulfide) groups is 1. The quantitative estimate of drug-likeness (QED) is 0.380. The lowest BCUT2D eigenvalue weighted by Gasteiger charge is -2.25. The van der Waals surface area contributed by atoms with Gasteiger partial charge in [-0.1, -0.05) is 36.0 Å². The minimum atomic E-state index is -0.887. The number of aromatic nitrogens is 2. The van der Waals surface area contributed by atoms with E-state index < -0.39 is 6.04 Å². The number of hydrogen-bond acceptors (Lipinski definition) is 9. The Morgan fingerprint density at radius 1 is 1.02 bits per heavy atom. The summed E-state index contributed by atoms with van der Waals surface area (Å²) in [5.41, 5.74) is 3.17.